The van der Waals surface area contributed by atoms with E-state index in [4.69, 9.17) is 16.3 Å². The van der Waals surface area contributed by atoms with E-state index in [9.17, 15) is 23.3 Å². The molecule has 0 saturated carbocycles. The van der Waals surface area contributed by atoms with Crippen LogP contribution in [0.15, 0.2) is 53.4 Å². The van der Waals surface area contributed by atoms with Crippen LogP contribution in [0.3, 0.4) is 0 Å². The van der Waals surface area contributed by atoms with Crippen molar-refractivity contribution in [2.75, 3.05) is 10.9 Å². The highest BCUT2D eigenvalue weighted by Gasteiger charge is 2.35. The Balaban J connectivity index is 2.69. The number of non-ortho nitro benzene ring substituents is 1. The fraction of sp³-hybridized carbons (Fsp3) is 0.235. The molecule has 2 aromatic rings. The van der Waals surface area contributed by atoms with Crippen LogP contribution in [0.1, 0.15) is 13.8 Å². The molecule has 0 radical (unpaired) electrons. The van der Waals surface area contributed by atoms with Crippen LogP contribution in [0, 0.1) is 10.1 Å². The van der Waals surface area contributed by atoms with Gasteiger partial charge in [0.1, 0.15) is 11.8 Å². The molecule has 0 aliphatic carbocycles. The molecule has 0 N–H and O–H groups in total. The largest absolute Gasteiger partial charge is 0.492 e. The van der Waals surface area contributed by atoms with Crippen LogP contribution in [0.25, 0.3) is 0 Å². The molecule has 0 aromatic heterocycles. The molecular weight excluding hydrogens is 396 g/mol. The summed E-state index contributed by atoms with van der Waals surface area (Å²) < 4.78 is 32.8. The first-order chi connectivity index (χ1) is 12.7. The molecule has 0 aliphatic rings. The van der Waals surface area contributed by atoms with E-state index in [0.717, 1.165) is 10.4 Å². The lowest BCUT2D eigenvalue weighted by Gasteiger charge is -2.29. The van der Waals surface area contributed by atoms with Crippen LogP contribution in [0.5, 0.6) is 5.75 Å². The van der Waals surface area contributed by atoms with Gasteiger partial charge in [-0.2, -0.15) is 0 Å². The van der Waals surface area contributed by atoms with Crippen molar-refractivity contribution < 1.29 is 22.9 Å². The Morgan fingerprint density at radius 1 is 1.26 bits per heavy atom. The van der Waals surface area contributed by atoms with Crippen molar-refractivity contribution in [3.8, 4) is 5.75 Å². The zero-order valence-electron chi connectivity index (χ0n) is 14.5. The number of sulfonamides is 1. The van der Waals surface area contributed by atoms with Crippen LogP contribution in [-0.4, -0.2) is 31.2 Å². The number of para-hydroxylation sites is 2. The second-order valence-electron chi connectivity index (χ2n) is 5.44. The van der Waals surface area contributed by atoms with Gasteiger partial charge in [-0.1, -0.05) is 18.2 Å². The number of benzene rings is 2. The van der Waals surface area contributed by atoms with E-state index in [2.05, 4.69) is 0 Å². The van der Waals surface area contributed by atoms with Gasteiger partial charge in [-0.15, -0.1) is 0 Å². The molecular formula is C17H17ClN2O6S. The highest BCUT2D eigenvalue weighted by molar-refractivity contribution is 7.93. The van der Waals surface area contributed by atoms with Crippen molar-refractivity contribution in [3.05, 3.63) is 58.6 Å². The normalized spacial score (nSPS) is 12.3. The summed E-state index contributed by atoms with van der Waals surface area (Å²) in [5.74, 6) is 0.235. The molecule has 0 fully saturated rings. The molecule has 0 aliphatic heterocycles. The number of nitro benzene ring substituents is 1. The fourth-order valence-corrected chi connectivity index (χ4v) is 4.25. The zero-order valence-corrected chi connectivity index (χ0v) is 16.1. The Kier molecular flexibility index (Phi) is 6.40. The summed E-state index contributed by atoms with van der Waals surface area (Å²) in [5, 5.41) is 10.1. The molecule has 0 saturated heterocycles. The quantitative estimate of drug-likeness (QED) is 0.374. The molecule has 1 unspecified atom stereocenters. The number of nitrogens with zero attached hydrogens (tertiary/aromatic N) is 2. The third-order valence-corrected chi connectivity index (χ3v) is 5.86. The van der Waals surface area contributed by atoms with Gasteiger partial charge in [-0.25, -0.2) is 8.42 Å². The van der Waals surface area contributed by atoms with Crippen molar-refractivity contribution in [1.29, 1.82) is 0 Å². The van der Waals surface area contributed by atoms with E-state index < -0.39 is 26.2 Å². The number of nitro groups is 1. The number of carbonyl (C=O) groups excluding carboxylic acids is 1. The van der Waals surface area contributed by atoms with E-state index in [1.165, 1.54) is 31.2 Å². The minimum Gasteiger partial charge on any atom is -0.492 e. The Morgan fingerprint density at radius 2 is 1.93 bits per heavy atom. The third kappa shape index (κ3) is 4.37. The predicted molar refractivity (Wildman–Crippen MR) is 101 cm³/mol. The first kappa shape index (κ1) is 20.7. The highest BCUT2D eigenvalue weighted by Crippen LogP contribution is 2.35. The standard InChI is InChI=1S/C17H17ClN2O6S/c1-3-26-16-10-5-4-9-15(16)19(12(2)17(18)21)27(24,25)14-8-6-7-13(11-14)20(22)23/h4-12H,3H2,1-2H3. The number of rotatable bonds is 8. The molecule has 0 amide bonds. The van der Waals surface area contributed by atoms with Crippen LogP contribution in [0.4, 0.5) is 11.4 Å². The van der Waals surface area contributed by atoms with Gasteiger partial charge in [0.2, 0.25) is 5.24 Å². The van der Waals surface area contributed by atoms with Gasteiger partial charge >= 0.3 is 0 Å². The van der Waals surface area contributed by atoms with E-state index in [1.807, 2.05) is 0 Å². The molecule has 1 atom stereocenters. The number of hydrogen-bond acceptors (Lipinski definition) is 6. The fourth-order valence-electron chi connectivity index (χ4n) is 2.43. The van der Waals surface area contributed by atoms with Gasteiger partial charge in [-0.3, -0.25) is 19.2 Å². The molecule has 0 spiro atoms. The maximum Gasteiger partial charge on any atom is 0.270 e. The molecule has 2 aromatic carbocycles. The van der Waals surface area contributed by atoms with Gasteiger partial charge in [-0.05, 0) is 43.6 Å². The van der Waals surface area contributed by atoms with Crippen LogP contribution >= 0.6 is 11.6 Å². The SMILES string of the molecule is CCOc1ccccc1N(C(C)C(=O)Cl)S(=O)(=O)c1cccc([N+](=O)[O-])c1. The smallest absolute Gasteiger partial charge is 0.270 e. The van der Waals surface area contributed by atoms with Gasteiger partial charge in [0.25, 0.3) is 15.7 Å². The second-order valence-corrected chi connectivity index (χ2v) is 7.62. The van der Waals surface area contributed by atoms with E-state index >= 15 is 0 Å². The number of ether oxygens (including phenoxy) is 1. The molecule has 144 valence electrons. The summed E-state index contributed by atoms with van der Waals surface area (Å²) in [6.45, 7) is 3.32. The Bertz CT molecular complexity index is 963. The van der Waals surface area contributed by atoms with E-state index in [-0.39, 0.29) is 28.6 Å². The Hall–Kier alpha value is -2.65. The third-order valence-electron chi connectivity index (χ3n) is 3.67. The zero-order chi connectivity index (χ0) is 20.2. The number of carbonyl (C=O) groups is 1. The molecule has 8 nitrogen and oxygen atoms in total. The van der Waals surface area contributed by atoms with Crippen LogP contribution in [0.2, 0.25) is 0 Å². The lowest BCUT2D eigenvalue weighted by atomic mass is 10.2. The van der Waals surface area contributed by atoms with Gasteiger partial charge in [0, 0.05) is 12.1 Å². The summed E-state index contributed by atoms with van der Waals surface area (Å²) >= 11 is 5.58. The lowest BCUT2D eigenvalue weighted by Crippen LogP contribution is -2.42. The van der Waals surface area contributed by atoms with Crippen molar-refractivity contribution >= 4 is 38.2 Å². The average molecular weight is 413 g/mol. The summed E-state index contributed by atoms with van der Waals surface area (Å²) in [5.41, 5.74) is -0.286. The van der Waals surface area contributed by atoms with E-state index in [1.54, 1.807) is 25.1 Å². The van der Waals surface area contributed by atoms with E-state index in [0.29, 0.717) is 0 Å². The first-order valence-corrected chi connectivity index (χ1v) is 9.72. The lowest BCUT2D eigenvalue weighted by molar-refractivity contribution is -0.385. The molecule has 27 heavy (non-hydrogen) atoms. The molecule has 0 heterocycles. The maximum atomic E-state index is 13.2. The summed E-state index contributed by atoms with van der Waals surface area (Å²) in [4.78, 5) is 21.8. The highest BCUT2D eigenvalue weighted by atomic mass is 35.5. The first-order valence-electron chi connectivity index (χ1n) is 7.90. The Labute approximate surface area is 161 Å². The maximum absolute atomic E-state index is 13.2. The average Bonchev–Trinajstić information content (AvgIpc) is 2.63. The predicted octanol–water partition coefficient (Wildman–Crippen LogP) is 3.34. The minimum absolute atomic E-state index is 0.104. The summed E-state index contributed by atoms with van der Waals surface area (Å²) in [6.07, 6.45) is 0. The Morgan fingerprint density at radius 3 is 2.52 bits per heavy atom. The monoisotopic (exact) mass is 412 g/mol. The van der Waals surface area contributed by atoms with Crippen LogP contribution < -0.4 is 9.04 Å². The minimum atomic E-state index is -4.35. The van der Waals surface area contributed by atoms with Gasteiger partial charge in [0.05, 0.1) is 22.1 Å². The van der Waals surface area contributed by atoms with Crippen molar-refractivity contribution in [1.82, 2.24) is 0 Å². The van der Waals surface area contributed by atoms with Gasteiger partial charge < -0.3 is 4.74 Å². The molecule has 0 bridgehead atoms. The van der Waals surface area contributed by atoms with Crippen molar-refractivity contribution in [3.63, 3.8) is 0 Å². The topological polar surface area (TPSA) is 107 Å². The van der Waals surface area contributed by atoms with Gasteiger partial charge in [0.15, 0.2) is 0 Å². The second kappa shape index (κ2) is 8.36. The molecule has 2 rings (SSSR count). The van der Waals surface area contributed by atoms with Crippen molar-refractivity contribution in [2.24, 2.45) is 0 Å². The molecule has 10 heteroatoms. The number of halogens is 1. The van der Waals surface area contributed by atoms with Crippen LogP contribution in [-0.2, 0) is 14.8 Å². The number of hydrogen-bond donors (Lipinski definition) is 0. The summed E-state index contributed by atoms with van der Waals surface area (Å²) in [7, 11) is -4.35. The summed E-state index contributed by atoms with van der Waals surface area (Å²) in [6, 6.07) is 9.56. The number of anilines is 1. The van der Waals surface area contributed by atoms with Crippen molar-refractivity contribution in [2.45, 2.75) is 24.8 Å².